The smallest absolute Gasteiger partial charge is 0.173 e. The van der Waals surface area contributed by atoms with Crippen LogP contribution in [0, 0.1) is 6.92 Å². The summed E-state index contributed by atoms with van der Waals surface area (Å²) < 4.78 is 5.20. The number of thiocarbonyl (C=S) groups is 1. The molecule has 3 nitrogen and oxygen atoms in total. The lowest BCUT2D eigenvalue weighted by Crippen LogP contribution is -2.32. The molecule has 1 aromatic carbocycles. The summed E-state index contributed by atoms with van der Waals surface area (Å²) in [5.41, 5.74) is 2.16. The third-order valence-corrected chi connectivity index (χ3v) is 3.53. The van der Waals surface area contributed by atoms with Gasteiger partial charge in [-0.05, 0) is 49.3 Å². The molecule has 0 spiro atoms. The number of benzene rings is 1. The van der Waals surface area contributed by atoms with E-state index in [2.05, 4.69) is 17.1 Å². The fourth-order valence-corrected chi connectivity index (χ4v) is 2.02. The normalized spacial score (nSPS) is 10.1. The standard InChI is InChI=1S/C15H24N2OS/c1-5-6-7-10-17(3)15(19)16-14-9-8-13(18-4)11-12(14)2/h8-9,11H,5-7,10H2,1-4H3,(H,16,19). The highest BCUT2D eigenvalue weighted by molar-refractivity contribution is 7.80. The van der Waals surface area contributed by atoms with Gasteiger partial charge in [-0.3, -0.25) is 0 Å². The maximum atomic E-state index is 5.41. The Morgan fingerprint density at radius 1 is 1.37 bits per heavy atom. The van der Waals surface area contributed by atoms with Crippen LogP contribution in [0.5, 0.6) is 5.75 Å². The van der Waals surface area contributed by atoms with Crippen molar-refractivity contribution in [3.63, 3.8) is 0 Å². The number of unbranched alkanes of at least 4 members (excludes halogenated alkanes) is 2. The Labute approximate surface area is 121 Å². The van der Waals surface area contributed by atoms with Crippen LogP contribution in [0.4, 0.5) is 5.69 Å². The zero-order valence-electron chi connectivity index (χ0n) is 12.3. The molecule has 4 heteroatoms. The minimum atomic E-state index is 0.768. The highest BCUT2D eigenvalue weighted by atomic mass is 32.1. The number of nitrogens with zero attached hydrogens (tertiary/aromatic N) is 1. The van der Waals surface area contributed by atoms with Gasteiger partial charge in [-0.25, -0.2) is 0 Å². The molecule has 0 unspecified atom stereocenters. The van der Waals surface area contributed by atoms with Gasteiger partial charge in [0.1, 0.15) is 5.75 Å². The van der Waals surface area contributed by atoms with E-state index in [1.165, 1.54) is 19.3 Å². The number of hydrogen-bond acceptors (Lipinski definition) is 2. The Kier molecular flexibility index (Phi) is 6.64. The number of methoxy groups -OCH3 is 1. The molecule has 0 radical (unpaired) electrons. The SMILES string of the molecule is CCCCCN(C)C(=S)Nc1ccc(OC)cc1C. The van der Waals surface area contributed by atoms with Crippen molar-refractivity contribution >= 4 is 23.0 Å². The fraction of sp³-hybridized carbons (Fsp3) is 0.533. The summed E-state index contributed by atoms with van der Waals surface area (Å²) in [6.45, 7) is 5.25. The van der Waals surface area contributed by atoms with Crippen LogP contribution >= 0.6 is 12.2 Å². The van der Waals surface area contributed by atoms with Gasteiger partial charge in [0.15, 0.2) is 5.11 Å². The second-order valence-corrected chi connectivity index (χ2v) is 5.13. The Morgan fingerprint density at radius 2 is 2.11 bits per heavy atom. The first-order chi connectivity index (χ1) is 9.08. The molecule has 0 heterocycles. The minimum Gasteiger partial charge on any atom is -0.497 e. The van der Waals surface area contributed by atoms with Crippen LogP contribution in [-0.2, 0) is 0 Å². The van der Waals surface area contributed by atoms with Crippen molar-refractivity contribution in [1.82, 2.24) is 4.90 Å². The van der Waals surface area contributed by atoms with Gasteiger partial charge in [0.25, 0.3) is 0 Å². The van der Waals surface area contributed by atoms with Crippen LogP contribution in [0.3, 0.4) is 0 Å². The van der Waals surface area contributed by atoms with Crippen molar-refractivity contribution in [1.29, 1.82) is 0 Å². The molecule has 0 aliphatic carbocycles. The lowest BCUT2D eigenvalue weighted by molar-refractivity contribution is 0.414. The molecule has 0 aromatic heterocycles. The largest absolute Gasteiger partial charge is 0.497 e. The number of nitrogens with one attached hydrogen (secondary N) is 1. The predicted octanol–water partition coefficient (Wildman–Crippen LogP) is 3.82. The third-order valence-electron chi connectivity index (χ3n) is 3.12. The maximum absolute atomic E-state index is 5.41. The third kappa shape index (κ3) is 5.07. The first-order valence-electron chi connectivity index (χ1n) is 6.75. The van der Waals surface area contributed by atoms with Crippen LogP contribution < -0.4 is 10.1 Å². The van der Waals surface area contributed by atoms with Crippen molar-refractivity contribution in [2.45, 2.75) is 33.1 Å². The van der Waals surface area contributed by atoms with Gasteiger partial charge in [-0.1, -0.05) is 19.8 Å². The second kappa shape index (κ2) is 8.00. The number of rotatable bonds is 6. The zero-order valence-corrected chi connectivity index (χ0v) is 13.1. The van der Waals surface area contributed by atoms with Gasteiger partial charge in [-0.2, -0.15) is 0 Å². The Bertz CT molecular complexity index is 421. The lowest BCUT2D eigenvalue weighted by Gasteiger charge is -2.21. The lowest BCUT2D eigenvalue weighted by atomic mass is 10.2. The first kappa shape index (κ1) is 15.8. The van der Waals surface area contributed by atoms with Gasteiger partial charge < -0.3 is 15.0 Å². The molecule has 1 aromatic rings. The topological polar surface area (TPSA) is 24.5 Å². The molecule has 0 atom stereocenters. The molecule has 0 amide bonds. The van der Waals surface area contributed by atoms with Crippen LogP contribution in [0.15, 0.2) is 18.2 Å². The van der Waals surface area contributed by atoms with Gasteiger partial charge in [0, 0.05) is 19.3 Å². The van der Waals surface area contributed by atoms with Crippen LogP contribution in [-0.4, -0.2) is 30.7 Å². The van der Waals surface area contributed by atoms with E-state index < -0.39 is 0 Å². The summed E-state index contributed by atoms with van der Waals surface area (Å²) in [5.74, 6) is 0.866. The summed E-state index contributed by atoms with van der Waals surface area (Å²) in [6.07, 6.45) is 3.65. The van der Waals surface area contributed by atoms with Crippen molar-refractivity contribution in [2.75, 3.05) is 26.0 Å². The van der Waals surface area contributed by atoms with E-state index in [1.807, 2.05) is 32.2 Å². The van der Waals surface area contributed by atoms with E-state index in [1.54, 1.807) is 7.11 Å². The van der Waals surface area contributed by atoms with E-state index in [0.717, 1.165) is 28.7 Å². The van der Waals surface area contributed by atoms with Gasteiger partial charge >= 0.3 is 0 Å². The van der Waals surface area contributed by atoms with Crippen molar-refractivity contribution in [3.05, 3.63) is 23.8 Å². The predicted molar refractivity (Wildman–Crippen MR) is 86.1 cm³/mol. The molecule has 0 aliphatic heterocycles. The summed E-state index contributed by atoms with van der Waals surface area (Å²) in [6, 6.07) is 5.94. The van der Waals surface area contributed by atoms with Crippen molar-refractivity contribution in [3.8, 4) is 5.75 Å². The molecule has 0 fully saturated rings. The van der Waals surface area contributed by atoms with E-state index in [-0.39, 0.29) is 0 Å². The highest BCUT2D eigenvalue weighted by Gasteiger charge is 2.06. The van der Waals surface area contributed by atoms with E-state index >= 15 is 0 Å². The molecule has 0 bridgehead atoms. The molecule has 19 heavy (non-hydrogen) atoms. The average molecular weight is 280 g/mol. The molecule has 1 rings (SSSR count). The average Bonchev–Trinajstić information content (AvgIpc) is 2.41. The quantitative estimate of drug-likeness (QED) is 0.632. The van der Waals surface area contributed by atoms with Gasteiger partial charge in [0.2, 0.25) is 0 Å². The second-order valence-electron chi connectivity index (χ2n) is 4.74. The molecule has 1 N–H and O–H groups in total. The first-order valence-corrected chi connectivity index (χ1v) is 7.16. The zero-order chi connectivity index (χ0) is 14.3. The van der Waals surface area contributed by atoms with Crippen molar-refractivity contribution in [2.24, 2.45) is 0 Å². The number of anilines is 1. The summed E-state index contributed by atoms with van der Waals surface area (Å²) >= 11 is 5.41. The number of ether oxygens (including phenoxy) is 1. The van der Waals surface area contributed by atoms with Gasteiger partial charge in [-0.15, -0.1) is 0 Å². The molecule has 0 aliphatic rings. The van der Waals surface area contributed by atoms with Crippen LogP contribution in [0.1, 0.15) is 31.7 Å². The molecular weight excluding hydrogens is 256 g/mol. The van der Waals surface area contributed by atoms with Crippen molar-refractivity contribution < 1.29 is 4.74 Å². The highest BCUT2D eigenvalue weighted by Crippen LogP contribution is 2.21. The number of aryl methyl sites for hydroxylation is 1. The van der Waals surface area contributed by atoms with Crippen LogP contribution in [0.2, 0.25) is 0 Å². The fourth-order valence-electron chi connectivity index (χ4n) is 1.81. The minimum absolute atomic E-state index is 0.768. The molecule has 106 valence electrons. The Hall–Kier alpha value is -1.29. The molecule has 0 saturated carbocycles. The van der Waals surface area contributed by atoms with Gasteiger partial charge in [0.05, 0.1) is 7.11 Å². The molecular formula is C15H24N2OS. The van der Waals surface area contributed by atoms with E-state index in [9.17, 15) is 0 Å². The number of hydrogen-bond donors (Lipinski definition) is 1. The van der Waals surface area contributed by atoms with E-state index in [4.69, 9.17) is 17.0 Å². The summed E-state index contributed by atoms with van der Waals surface area (Å²) in [7, 11) is 3.71. The monoisotopic (exact) mass is 280 g/mol. The Morgan fingerprint density at radius 3 is 2.68 bits per heavy atom. The van der Waals surface area contributed by atoms with E-state index in [0.29, 0.717) is 0 Å². The maximum Gasteiger partial charge on any atom is 0.173 e. The summed E-state index contributed by atoms with van der Waals surface area (Å²) in [4.78, 5) is 2.09. The summed E-state index contributed by atoms with van der Waals surface area (Å²) in [5, 5.41) is 4.06. The Balaban J connectivity index is 2.56. The molecule has 0 saturated heterocycles. The van der Waals surface area contributed by atoms with Crippen LogP contribution in [0.25, 0.3) is 0 Å².